The molecular formula is C12H24N4O7. The number of carbonyl (C=O) groups excluding carboxylic acids is 1. The van der Waals surface area contributed by atoms with Gasteiger partial charge in [0.1, 0.15) is 18.1 Å². The highest BCUT2D eigenvalue weighted by molar-refractivity contribution is 5.83. The van der Waals surface area contributed by atoms with Gasteiger partial charge in [-0.15, -0.1) is 0 Å². The topological polar surface area (TPSA) is 219 Å². The van der Waals surface area contributed by atoms with Gasteiger partial charge in [0.05, 0.1) is 6.42 Å². The summed E-state index contributed by atoms with van der Waals surface area (Å²) in [7, 11) is 0. The number of rotatable bonds is 5. The van der Waals surface area contributed by atoms with Crippen LogP contribution in [0.25, 0.3) is 0 Å². The van der Waals surface area contributed by atoms with Gasteiger partial charge in [-0.25, -0.2) is 0 Å². The maximum absolute atomic E-state index is 10.1. The van der Waals surface area contributed by atoms with E-state index in [4.69, 9.17) is 26.8 Å². The third-order valence-corrected chi connectivity index (χ3v) is 2.49. The number of carboxylic acid groups (broad SMARTS) is 3. The molecular weight excluding hydrogens is 312 g/mol. The number of carboxylic acids is 3. The van der Waals surface area contributed by atoms with E-state index in [1.165, 1.54) is 6.92 Å². The first-order valence-electron chi connectivity index (χ1n) is 6.70. The third-order valence-electron chi connectivity index (χ3n) is 2.49. The van der Waals surface area contributed by atoms with Crippen LogP contribution in [0.5, 0.6) is 0 Å². The Hall–Kier alpha value is -2.24. The molecule has 0 aromatic heterocycles. The van der Waals surface area contributed by atoms with E-state index in [9.17, 15) is 19.2 Å². The highest BCUT2D eigenvalue weighted by Gasteiger charge is 2.20. The predicted octanol–water partition coefficient (Wildman–Crippen LogP) is -2.49. The Balaban J connectivity index is 0. The van der Waals surface area contributed by atoms with E-state index in [-0.39, 0.29) is 12.5 Å². The van der Waals surface area contributed by atoms with Crippen molar-refractivity contribution in [3.05, 3.63) is 0 Å². The van der Waals surface area contributed by atoms with Crippen LogP contribution in [0.4, 0.5) is 0 Å². The van der Waals surface area contributed by atoms with Gasteiger partial charge in [-0.1, -0.05) is 0 Å². The van der Waals surface area contributed by atoms with Crippen molar-refractivity contribution in [3.8, 4) is 0 Å². The van der Waals surface area contributed by atoms with Crippen LogP contribution in [0.1, 0.15) is 26.2 Å². The van der Waals surface area contributed by atoms with Gasteiger partial charge in [-0.3, -0.25) is 19.2 Å². The number of amides is 1. The summed E-state index contributed by atoms with van der Waals surface area (Å²) in [5, 5.41) is 27.2. The lowest BCUT2D eigenvalue weighted by molar-refractivity contribution is -0.140. The fourth-order valence-corrected chi connectivity index (χ4v) is 1.20. The fraction of sp³-hybridized carbons (Fsp3) is 0.667. The van der Waals surface area contributed by atoms with E-state index < -0.39 is 35.9 Å². The van der Waals surface area contributed by atoms with Crippen LogP contribution in [-0.2, 0) is 19.2 Å². The van der Waals surface area contributed by atoms with Gasteiger partial charge >= 0.3 is 17.9 Å². The molecule has 3 atom stereocenters. The Morgan fingerprint density at radius 2 is 1.61 bits per heavy atom. The van der Waals surface area contributed by atoms with Crippen molar-refractivity contribution in [1.82, 2.24) is 5.32 Å². The SMILES string of the molecule is C[C@H](N)C(=O)O.NC(=O)C[C@H](N)C(=O)O.O=C(O)[C@@H]1CCCN1. The summed E-state index contributed by atoms with van der Waals surface area (Å²) < 4.78 is 0. The highest BCUT2D eigenvalue weighted by atomic mass is 16.4. The van der Waals surface area contributed by atoms with Crippen molar-refractivity contribution in [2.24, 2.45) is 17.2 Å². The molecule has 1 rings (SSSR count). The van der Waals surface area contributed by atoms with E-state index in [0.717, 1.165) is 19.4 Å². The van der Waals surface area contributed by atoms with Crippen LogP contribution >= 0.6 is 0 Å². The Morgan fingerprint density at radius 1 is 1.13 bits per heavy atom. The molecule has 0 unspecified atom stereocenters. The third kappa shape index (κ3) is 14.5. The zero-order valence-corrected chi connectivity index (χ0v) is 12.8. The average Bonchev–Trinajstić information content (AvgIpc) is 2.93. The summed E-state index contributed by atoms with van der Waals surface area (Å²) in [5.41, 5.74) is 14.4. The van der Waals surface area contributed by atoms with Gasteiger partial charge in [0.2, 0.25) is 5.91 Å². The summed E-state index contributed by atoms with van der Waals surface area (Å²) >= 11 is 0. The van der Waals surface area contributed by atoms with E-state index in [1.807, 2.05) is 0 Å². The van der Waals surface area contributed by atoms with Gasteiger partial charge < -0.3 is 37.8 Å². The lowest BCUT2D eigenvalue weighted by atomic mass is 10.2. The Kier molecular flexibility index (Phi) is 12.3. The van der Waals surface area contributed by atoms with Crippen LogP contribution in [-0.4, -0.2) is 63.8 Å². The maximum Gasteiger partial charge on any atom is 0.321 e. The number of hydrogen-bond donors (Lipinski definition) is 7. The number of carbonyl (C=O) groups is 4. The maximum atomic E-state index is 10.1. The summed E-state index contributed by atoms with van der Waals surface area (Å²) in [6.45, 7) is 2.28. The molecule has 1 aliphatic heterocycles. The highest BCUT2D eigenvalue weighted by Crippen LogP contribution is 2.03. The summed E-state index contributed by atoms with van der Waals surface area (Å²) in [5.74, 6) is -3.60. The number of aliphatic carboxylic acids is 3. The van der Waals surface area contributed by atoms with E-state index in [0.29, 0.717) is 0 Å². The molecule has 1 fully saturated rings. The number of primary amides is 1. The first-order chi connectivity index (χ1) is 10.5. The zero-order chi connectivity index (χ0) is 18.6. The van der Waals surface area contributed by atoms with Crippen LogP contribution in [0, 0.1) is 0 Å². The summed E-state index contributed by atoms with van der Waals surface area (Å²) in [6, 6.07) is -2.16. The lowest BCUT2D eigenvalue weighted by Crippen LogP contribution is -2.34. The van der Waals surface area contributed by atoms with Gasteiger partial charge in [-0.2, -0.15) is 0 Å². The molecule has 11 heteroatoms. The molecule has 0 aromatic carbocycles. The van der Waals surface area contributed by atoms with Crippen LogP contribution in [0.2, 0.25) is 0 Å². The van der Waals surface area contributed by atoms with Crippen molar-refractivity contribution in [1.29, 1.82) is 0 Å². The minimum atomic E-state index is -1.21. The second-order valence-corrected chi connectivity index (χ2v) is 4.73. The molecule has 0 bridgehead atoms. The number of nitrogens with one attached hydrogen (secondary N) is 1. The van der Waals surface area contributed by atoms with Crippen molar-refractivity contribution >= 4 is 23.8 Å². The number of hydrogen-bond acceptors (Lipinski definition) is 7. The van der Waals surface area contributed by atoms with E-state index in [1.54, 1.807) is 0 Å². The Morgan fingerprint density at radius 3 is 1.74 bits per heavy atom. The Labute approximate surface area is 132 Å². The minimum absolute atomic E-state index is 0.269. The van der Waals surface area contributed by atoms with Gasteiger partial charge in [-0.05, 0) is 26.3 Å². The first-order valence-corrected chi connectivity index (χ1v) is 6.70. The molecule has 1 saturated heterocycles. The molecule has 1 aliphatic rings. The normalized spacial score (nSPS) is 18.3. The molecule has 0 aliphatic carbocycles. The van der Waals surface area contributed by atoms with Gasteiger partial charge in [0.15, 0.2) is 0 Å². The van der Waals surface area contributed by atoms with Crippen LogP contribution < -0.4 is 22.5 Å². The van der Waals surface area contributed by atoms with Gasteiger partial charge in [0.25, 0.3) is 0 Å². The molecule has 0 aromatic rings. The van der Waals surface area contributed by atoms with Crippen molar-refractivity contribution < 1.29 is 34.5 Å². The summed E-state index contributed by atoms with van der Waals surface area (Å²) in [6.07, 6.45) is 1.47. The second-order valence-electron chi connectivity index (χ2n) is 4.73. The quantitative estimate of drug-likeness (QED) is 0.280. The monoisotopic (exact) mass is 336 g/mol. The standard InChI is InChI=1S/C5H9NO2.C4H8N2O3.C3H7NO2/c7-5(8)4-2-1-3-6-4;5-2(4(8)9)1-3(6)7;1-2(4)3(5)6/h4,6H,1-3H2,(H,7,8);2H,1,5H2,(H2,6,7)(H,8,9);2H,4H2,1H3,(H,5,6)/t4-;2*2-/m000/s1. The largest absolute Gasteiger partial charge is 0.480 e. The lowest BCUT2D eigenvalue weighted by Gasteiger charge is -1.99. The first kappa shape index (κ1) is 23.0. The van der Waals surface area contributed by atoms with Crippen molar-refractivity contribution in [2.75, 3.05) is 6.54 Å². The van der Waals surface area contributed by atoms with Crippen LogP contribution in [0.15, 0.2) is 0 Å². The van der Waals surface area contributed by atoms with Gasteiger partial charge in [0, 0.05) is 0 Å². The fourth-order valence-electron chi connectivity index (χ4n) is 1.20. The molecule has 0 spiro atoms. The zero-order valence-electron chi connectivity index (χ0n) is 12.8. The van der Waals surface area contributed by atoms with Crippen molar-refractivity contribution in [3.63, 3.8) is 0 Å². The molecule has 1 amide bonds. The van der Waals surface area contributed by atoms with E-state index >= 15 is 0 Å². The molecule has 0 radical (unpaired) electrons. The smallest absolute Gasteiger partial charge is 0.321 e. The summed E-state index contributed by atoms with van der Waals surface area (Å²) in [4.78, 5) is 39.6. The van der Waals surface area contributed by atoms with E-state index in [2.05, 4.69) is 11.1 Å². The molecule has 10 N–H and O–H groups in total. The molecule has 23 heavy (non-hydrogen) atoms. The minimum Gasteiger partial charge on any atom is -0.480 e. The van der Waals surface area contributed by atoms with Crippen LogP contribution in [0.3, 0.4) is 0 Å². The predicted molar refractivity (Wildman–Crippen MR) is 79.4 cm³/mol. The average molecular weight is 336 g/mol. The second kappa shape index (κ2) is 12.3. The Bertz CT molecular complexity index is 408. The molecule has 11 nitrogen and oxygen atoms in total. The molecule has 0 saturated carbocycles. The van der Waals surface area contributed by atoms with Crippen molar-refractivity contribution in [2.45, 2.75) is 44.3 Å². The molecule has 134 valence electrons. The molecule has 1 heterocycles. The number of nitrogens with two attached hydrogens (primary N) is 3.